The third kappa shape index (κ3) is 25.6. The number of nitrogens with two attached hydrogens (primary N) is 1. The fourth-order valence-corrected chi connectivity index (χ4v) is 11.4. The van der Waals surface area contributed by atoms with Crippen LogP contribution in [0.3, 0.4) is 0 Å². The molecule has 0 radical (unpaired) electrons. The highest BCUT2D eigenvalue weighted by Gasteiger charge is 2.46. The first-order valence-corrected chi connectivity index (χ1v) is 31.6. The fourth-order valence-electron chi connectivity index (χ4n) is 11.4. The molecule has 4 heterocycles. The molecule has 3 saturated heterocycles. The molecule has 31 heteroatoms. The Morgan fingerprint density at radius 1 is 0.596 bits per heavy atom. The molecular formula is C63H91FN16O14. The zero-order valence-electron chi connectivity index (χ0n) is 53.6. The minimum Gasteiger partial charge on any atom is -0.480 e. The number of hydrogen-bond donors (Lipinski definition) is 12. The van der Waals surface area contributed by atoms with Crippen molar-refractivity contribution in [3.05, 3.63) is 101 Å². The number of halogens is 1. The first-order chi connectivity index (χ1) is 44.8. The Hall–Kier alpha value is -8.75. The average molecular weight is 1320 g/mol. The summed E-state index contributed by atoms with van der Waals surface area (Å²) in [6, 6.07) is 11.9. The molecule has 2 aromatic carbocycles. The second-order valence-electron chi connectivity index (χ2n) is 24.6. The highest BCUT2D eigenvalue weighted by Crippen LogP contribution is 2.25. The molecule has 514 valence electrons. The van der Waals surface area contributed by atoms with Crippen LogP contribution in [0.4, 0.5) is 9.18 Å². The van der Waals surface area contributed by atoms with Crippen molar-refractivity contribution in [3.63, 3.8) is 0 Å². The third-order valence-corrected chi connectivity index (χ3v) is 16.7. The maximum absolute atomic E-state index is 14.5. The highest BCUT2D eigenvalue weighted by molar-refractivity contribution is 5.97. The summed E-state index contributed by atoms with van der Waals surface area (Å²) in [5, 5.41) is 45.7. The van der Waals surface area contributed by atoms with Gasteiger partial charge in [-0.15, -0.1) is 0 Å². The minimum absolute atomic E-state index is 0.00285. The van der Waals surface area contributed by atoms with Gasteiger partial charge in [0.2, 0.25) is 35.4 Å². The Morgan fingerprint density at radius 2 is 1.12 bits per heavy atom. The Bertz CT molecular complexity index is 3030. The van der Waals surface area contributed by atoms with Crippen LogP contribution in [0.25, 0.3) is 0 Å². The second kappa shape index (κ2) is 37.2. The summed E-state index contributed by atoms with van der Waals surface area (Å²) >= 11 is 0. The monoisotopic (exact) mass is 1310 g/mol. The topological polar surface area (TPSA) is 403 Å². The van der Waals surface area contributed by atoms with Gasteiger partial charge >= 0.3 is 23.9 Å². The number of carbonyl (C=O) groups excluding carboxylic acids is 8. The number of carboxylic acid groups (broad SMARTS) is 3. The highest BCUT2D eigenvalue weighted by atomic mass is 19.1. The number of carboxylic acids is 3. The molecule has 0 saturated carbocycles. The number of pyridine rings is 1. The van der Waals surface area contributed by atoms with E-state index in [2.05, 4.69) is 47.7 Å². The fraction of sp³-hybridized carbons (Fsp3) is 0.556. The lowest BCUT2D eigenvalue weighted by molar-refractivity contribution is -0.141. The average Bonchev–Trinajstić information content (AvgIpc) is 0.793. The molecule has 6 rings (SSSR count). The molecule has 1 aromatic heterocycles. The lowest BCUT2D eigenvalue weighted by atomic mass is 9.85. The van der Waals surface area contributed by atoms with Crippen LogP contribution in [0, 0.1) is 18.7 Å². The Balaban J connectivity index is 1.04. The van der Waals surface area contributed by atoms with Crippen LogP contribution >= 0.6 is 0 Å². The van der Waals surface area contributed by atoms with E-state index in [1.807, 2.05) is 9.80 Å². The zero-order chi connectivity index (χ0) is 68.3. The molecule has 0 bridgehead atoms. The van der Waals surface area contributed by atoms with E-state index in [1.165, 1.54) is 23.4 Å². The summed E-state index contributed by atoms with van der Waals surface area (Å²) in [6.45, 7) is 7.07. The molecule has 3 atom stereocenters. The first-order valence-electron chi connectivity index (χ1n) is 31.6. The van der Waals surface area contributed by atoms with Crippen molar-refractivity contribution in [2.45, 2.75) is 102 Å². The lowest BCUT2D eigenvalue weighted by Crippen LogP contribution is -2.68. The number of aliphatic carboxylic acids is 3. The van der Waals surface area contributed by atoms with Crippen LogP contribution in [0.5, 0.6) is 0 Å². The summed E-state index contributed by atoms with van der Waals surface area (Å²) in [5.74, 6) is -8.06. The number of piperidine rings is 2. The SMILES string of the molecule is Cc1ccc(CNCC(=O)N2CCC(NC(=O)[C@H](CC(C)C)NC(=O)NNC(=O)[C@H](Cc3ccccc3)NC(=O)CN3CCC(NC(=O)CN4CCN(CC(=O)O)CCN(CC(=O)O)CCN(CC(=O)O)CC4)CC3)(C(=O)N[C@@H](Cc3ccncc3)C(N)=O)CC2)cc1F. The quantitative estimate of drug-likeness (QED) is 0.0329. The van der Waals surface area contributed by atoms with Crippen LogP contribution in [-0.4, -0.2) is 263 Å². The maximum Gasteiger partial charge on any atom is 0.334 e. The molecule has 0 aliphatic carbocycles. The van der Waals surface area contributed by atoms with Crippen molar-refractivity contribution in [2.75, 3.05) is 118 Å². The zero-order valence-corrected chi connectivity index (χ0v) is 53.6. The van der Waals surface area contributed by atoms with Gasteiger partial charge in [-0.25, -0.2) is 14.6 Å². The van der Waals surface area contributed by atoms with E-state index in [0.717, 1.165) is 0 Å². The number of hydrazine groups is 1. The van der Waals surface area contributed by atoms with Crippen LogP contribution in [-0.2, 0) is 67.3 Å². The van der Waals surface area contributed by atoms with Gasteiger partial charge in [0.15, 0.2) is 0 Å². The van der Waals surface area contributed by atoms with Gasteiger partial charge in [0.05, 0.1) is 39.3 Å². The Kier molecular flexibility index (Phi) is 29.4. The van der Waals surface area contributed by atoms with Gasteiger partial charge < -0.3 is 57.9 Å². The molecular weight excluding hydrogens is 1220 g/mol. The smallest absolute Gasteiger partial charge is 0.334 e. The van der Waals surface area contributed by atoms with E-state index in [0.29, 0.717) is 48.2 Å². The van der Waals surface area contributed by atoms with E-state index in [4.69, 9.17) is 5.73 Å². The number of aryl methyl sites for hydroxylation is 1. The van der Waals surface area contributed by atoms with Gasteiger partial charge in [-0.3, -0.25) is 82.9 Å². The van der Waals surface area contributed by atoms with Crippen molar-refractivity contribution < 1.29 is 72.4 Å². The Morgan fingerprint density at radius 3 is 1.65 bits per heavy atom. The van der Waals surface area contributed by atoms with Crippen LogP contribution in [0.1, 0.15) is 68.2 Å². The van der Waals surface area contributed by atoms with Crippen molar-refractivity contribution >= 4 is 65.3 Å². The van der Waals surface area contributed by atoms with Gasteiger partial charge in [-0.05, 0) is 85.4 Å². The van der Waals surface area contributed by atoms with Crippen molar-refractivity contribution in [3.8, 4) is 0 Å². The van der Waals surface area contributed by atoms with E-state index < -0.39 is 77.1 Å². The number of benzene rings is 2. The van der Waals surface area contributed by atoms with E-state index >= 15 is 0 Å². The standard InChI is InChI=1S/C63H91FN16O14/c1-42(2)31-50(59(91)72-63(61(93)70-49(58(65)90)33-45-11-17-66-18-12-45)15-21-80(22-16-63)54(83)36-67-35-46-10-9-43(3)48(64)32-46)71-62(94)74-73-60(92)51(34-44-7-5-4-6-8-44)69-53(82)38-75-19-13-47(14-20-75)68-52(81)37-76-23-25-77(39-55(84)85)27-29-79(41-57(88)89)30-28-78(26-24-76)40-56(86)87/h4-12,17-18,32,42,47,49-51,67H,13-16,19-31,33-41H2,1-3H3,(H2,65,90)(H,68,81)(H,69,82)(H,70,93)(H,72,91)(H,73,92)(H,84,85)(H,86,87)(H,88,89)(H2,71,74,94)/t49-,50-,51-/m0/s1. The van der Waals surface area contributed by atoms with Crippen LogP contribution in [0.15, 0.2) is 73.1 Å². The number of carbonyl (C=O) groups is 11. The number of nitrogens with zero attached hydrogens (tertiary/aromatic N) is 7. The summed E-state index contributed by atoms with van der Waals surface area (Å²) in [6.07, 6.45) is 3.85. The van der Waals surface area contributed by atoms with E-state index in [9.17, 15) is 72.4 Å². The summed E-state index contributed by atoms with van der Waals surface area (Å²) < 4.78 is 14.2. The molecule has 0 unspecified atom stereocenters. The van der Waals surface area contributed by atoms with Crippen molar-refractivity contribution in [1.29, 1.82) is 0 Å². The number of likely N-dealkylation sites (tertiary alicyclic amines) is 2. The molecule has 3 aromatic rings. The number of amides is 9. The first kappa shape index (κ1) is 74.3. The number of primary amides is 1. The summed E-state index contributed by atoms with van der Waals surface area (Å²) in [5.41, 5.74) is 11.2. The number of rotatable bonds is 29. The summed E-state index contributed by atoms with van der Waals surface area (Å²) in [7, 11) is 0. The number of aromatic nitrogens is 1. The lowest BCUT2D eigenvalue weighted by Gasteiger charge is -2.42. The van der Waals surface area contributed by atoms with Gasteiger partial charge in [0.1, 0.15) is 29.5 Å². The van der Waals surface area contributed by atoms with Gasteiger partial charge in [0.25, 0.3) is 5.91 Å². The summed E-state index contributed by atoms with van der Waals surface area (Å²) in [4.78, 5) is 160. The molecule has 3 aliphatic rings. The van der Waals surface area contributed by atoms with Crippen molar-refractivity contribution in [1.82, 2.24) is 77.1 Å². The molecule has 9 amide bonds. The predicted molar refractivity (Wildman–Crippen MR) is 340 cm³/mol. The normalized spacial score (nSPS) is 17.6. The number of hydrogen-bond acceptors (Lipinski definition) is 18. The molecule has 3 aliphatic heterocycles. The van der Waals surface area contributed by atoms with Gasteiger partial charge in [0, 0.05) is 116 Å². The number of urea groups is 1. The van der Waals surface area contributed by atoms with E-state index in [-0.39, 0.29) is 173 Å². The van der Waals surface area contributed by atoms with Crippen LogP contribution < -0.4 is 48.5 Å². The largest absolute Gasteiger partial charge is 0.480 e. The minimum atomic E-state index is -1.72. The maximum atomic E-state index is 14.5. The van der Waals surface area contributed by atoms with Gasteiger partial charge in [-0.1, -0.05) is 56.3 Å². The predicted octanol–water partition coefficient (Wildman–Crippen LogP) is -2.16. The molecule has 30 nitrogen and oxygen atoms in total. The third-order valence-electron chi connectivity index (χ3n) is 16.7. The molecule has 94 heavy (non-hydrogen) atoms. The van der Waals surface area contributed by atoms with Gasteiger partial charge in [-0.2, -0.15) is 0 Å². The second-order valence-corrected chi connectivity index (χ2v) is 24.6. The molecule has 0 spiro atoms. The molecule has 13 N–H and O–H groups in total. The number of nitrogens with one attached hydrogen (secondary N) is 8. The molecule has 3 fully saturated rings. The van der Waals surface area contributed by atoms with Crippen LogP contribution in [0.2, 0.25) is 0 Å². The van der Waals surface area contributed by atoms with Crippen molar-refractivity contribution in [2.24, 2.45) is 11.7 Å². The Labute approximate surface area is 545 Å². The van der Waals surface area contributed by atoms with E-state index in [1.54, 1.807) is 90.1 Å².